The molecule has 0 radical (unpaired) electrons. The molecule has 1 unspecified atom stereocenters. The van der Waals surface area contributed by atoms with E-state index in [2.05, 4.69) is 235 Å². The lowest BCUT2D eigenvalue weighted by atomic mass is 9.71. The number of hydrogen-bond donors (Lipinski definition) is 0. The third kappa shape index (κ3) is 6.37. The third-order valence-corrected chi connectivity index (χ3v) is 14.1. The van der Waals surface area contributed by atoms with Gasteiger partial charge in [0, 0.05) is 39.1 Å². The van der Waals surface area contributed by atoms with Crippen LogP contribution in [-0.2, 0) is 16.2 Å². The maximum absolute atomic E-state index is 6.64. The smallest absolute Gasteiger partial charge is 0.137 e. The number of rotatable bonds is 6. The second-order valence-corrected chi connectivity index (χ2v) is 20.2. The molecule has 9 aromatic rings. The predicted molar refractivity (Wildman–Crippen MR) is 273 cm³/mol. The highest BCUT2D eigenvalue weighted by Crippen LogP contribution is 2.58. The molecule has 0 saturated heterocycles. The summed E-state index contributed by atoms with van der Waals surface area (Å²) in [6.07, 6.45) is 9.01. The average molecular weight is 830 g/mol. The van der Waals surface area contributed by atoms with Crippen LogP contribution in [0.4, 0.5) is 17.1 Å². The molecule has 2 aliphatic rings. The highest BCUT2D eigenvalue weighted by atomic mass is 16.3. The van der Waals surface area contributed by atoms with E-state index in [9.17, 15) is 0 Å². The molecule has 8 aromatic carbocycles. The first kappa shape index (κ1) is 39.9. The minimum atomic E-state index is -0.265. The molecular weight excluding hydrogens is 775 g/mol. The summed E-state index contributed by atoms with van der Waals surface area (Å²) < 4.78 is 6.64. The van der Waals surface area contributed by atoms with E-state index in [-0.39, 0.29) is 16.2 Å². The minimum Gasteiger partial charge on any atom is -0.456 e. The molecule has 1 aromatic heterocycles. The van der Waals surface area contributed by atoms with Crippen molar-refractivity contribution in [2.24, 2.45) is 0 Å². The van der Waals surface area contributed by atoms with Crippen LogP contribution in [-0.4, -0.2) is 0 Å². The number of furan rings is 1. The maximum atomic E-state index is 6.64. The molecule has 314 valence electrons. The Balaban J connectivity index is 1.20. The summed E-state index contributed by atoms with van der Waals surface area (Å²) in [4.78, 5) is 2.51. The Morgan fingerprint density at radius 2 is 1.16 bits per heavy atom. The van der Waals surface area contributed by atoms with Gasteiger partial charge in [-0.1, -0.05) is 193 Å². The Labute approximate surface area is 378 Å². The van der Waals surface area contributed by atoms with Crippen molar-refractivity contribution in [3.8, 4) is 33.4 Å². The third-order valence-electron chi connectivity index (χ3n) is 14.1. The molecule has 0 fully saturated rings. The second kappa shape index (κ2) is 14.8. The van der Waals surface area contributed by atoms with E-state index in [1.165, 1.54) is 72.0 Å². The van der Waals surface area contributed by atoms with Crippen LogP contribution in [0.1, 0.15) is 83.6 Å². The molecule has 0 N–H and O–H groups in total. The van der Waals surface area contributed by atoms with Gasteiger partial charge in [0.2, 0.25) is 0 Å². The van der Waals surface area contributed by atoms with E-state index in [4.69, 9.17) is 4.42 Å². The first-order valence-electron chi connectivity index (χ1n) is 23.0. The van der Waals surface area contributed by atoms with Gasteiger partial charge >= 0.3 is 0 Å². The normalized spacial score (nSPS) is 16.0. The highest BCUT2D eigenvalue weighted by Gasteiger charge is 2.43. The number of anilines is 3. The van der Waals surface area contributed by atoms with Crippen LogP contribution in [0.25, 0.3) is 66.1 Å². The Hall–Kier alpha value is -6.90. The number of para-hydroxylation sites is 2. The lowest BCUT2D eigenvalue weighted by Gasteiger charge is -2.33. The van der Waals surface area contributed by atoms with E-state index in [1.54, 1.807) is 0 Å². The number of benzene rings is 8. The summed E-state index contributed by atoms with van der Waals surface area (Å²) in [7, 11) is 0. The molecule has 2 heteroatoms. The monoisotopic (exact) mass is 829 g/mol. The van der Waals surface area contributed by atoms with E-state index in [1.807, 2.05) is 0 Å². The lowest BCUT2D eigenvalue weighted by Crippen LogP contribution is -2.24. The minimum absolute atomic E-state index is 0.00761. The van der Waals surface area contributed by atoms with Crippen LogP contribution in [0.5, 0.6) is 0 Å². The first-order chi connectivity index (χ1) is 30.9. The van der Waals surface area contributed by atoms with Gasteiger partial charge in [0.25, 0.3) is 0 Å². The van der Waals surface area contributed by atoms with Crippen molar-refractivity contribution < 1.29 is 4.42 Å². The molecule has 2 nitrogen and oxygen atoms in total. The molecule has 0 bridgehead atoms. The topological polar surface area (TPSA) is 16.4 Å². The molecule has 0 aliphatic heterocycles. The first-order valence-corrected chi connectivity index (χ1v) is 23.0. The zero-order chi connectivity index (χ0) is 44.0. The van der Waals surface area contributed by atoms with Gasteiger partial charge in [-0.15, -0.1) is 0 Å². The summed E-state index contributed by atoms with van der Waals surface area (Å²) in [6, 6.07) is 61.2. The van der Waals surface area contributed by atoms with Crippen molar-refractivity contribution in [2.45, 2.75) is 77.6 Å². The molecule has 1 heterocycles. The molecule has 2 aliphatic carbocycles. The van der Waals surface area contributed by atoms with Crippen molar-refractivity contribution in [1.82, 2.24) is 0 Å². The zero-order valence-electron chi connectivity index (χ0n) is 38.1. The summed E-state index contributed by atoms with van der Waals surface area (Å²) in [6.45, 7) is 16.4. The van der Waals surface area contributed by atoms with Gasteiger partial charge in [-0.05, 0) is 116 Å². The Morgan fingerprint density at radius 1 is 0.531 bits per heavy atom. The van der Waals surface area contributed by atoms with Crippen LogP contribution in [0.15, 0.2) is 192 Å². The van der Waals surface area contributed by atoms with Crippen molar-refractivity contribution in [3.63, 3.8) is 0 Å². The zero-order valence-corrected chi connectivity index (χ0v) is 38.1. The fraction of sp³-hybridized carbons (Fsp3) is 0.194. The quantitative estimate of drug-likeness (QED) is 0.166. The van der Waals surface area contributed by atoms with Gasteiger partial charge in [-0.2, -0.15) is 0 Å². The fourth-order valence-corrected chi connectivity index (χ4v) is 10.7. The summed E-state index contributed by atoms with van der Waals surface area (Å²) in [5, 5.41) is 4.72. The molecular formula is C62H55NO. The van der Waals surface area contributed by atoms with Gasteiger partial charge in [0.1, 0.15) is 11.2 Å². The second-order valence-electron chi connectivity index (χ2n) is 20.2. The van der Waals surface area contributed by atoms with Crippen molar-refractivity contribution in [3.05, 3.63) is 210 Å². The summed E-state index contributed by atoms with van der Waals surface area (Å²) in [5.74, 6) is 0. The predicted octanol–water partition coefficient (Wildman–Crippen LogP) is 17.7. The van der Waals surface area contributed by atoms with Crippen molar-refractivity contribution >= 4 is 49.8 Å². The summed E-state index contributed by atoms with van der Waals surface area (Å²) >= 11 is 0. The molecule has 0 spiro atoms. The standard InChI is InChI=1S/C62H55NO/c1-60(2,3)43-36-41(37-44(38-43)61(4,5)6)46-27-17-20-40-21-18-28-50(58(40)46)47-24-12-15-31-54(47)63(45-34-35-49-48-25-13-16-33-56(48)64-57(49)39-45)55-32-19-30-53-59(55)51-26-11-14-29-52(51)62(53,7)42-22-9-8-10-23-42/h8-9,11-22,24-39H,10,23H2,1-7H3. The average Bonchev–Trinajstić information content (AvgIpc) is 3.81. The number of allylic oxidation sites excluding steroid dienone is 4. The van der Waals surface area contributed by atoms with Crippen LogP contribution < -0.4 is 4.90 Å². The van der Waals surface area contributed by atoms with E-state index < -0.39 is 0 Å². The fourth-order valence-electron chi connectivity index (χ4n) is 10.7. The van der Waals surface area contributed by atoms with E-state index in [0.29, 0.717) is 0 Å². The Bertz CT molecular complexity index is 3340. The molecule has 1 atom stereocenters. The number of nitrogens with zero attached hydrogens (tertiary/aromatic N) is 1. The van der Waals surface area contributed by atoms with E-state index in [0.717, 1.165) is 51.8 Å². The maximum Gasteiger partial charge on any atom is 0.137 e. The van der Waals surface area contributed by atoms with Gasteiger partial charge in [0.15, 0.2) is 0 Å². The molecule has 0 saturated carbocycles. The molecule has 11 rings (SSSR count). The van der Waals surface area contributed by atoms with Crippen LogP contribution in [0.3, 0.4) is 0 Å². The van der Waals surface area contributed by atoms with E-state index >= 15 is 0 Å². The van der Waals surface area contributed by atoms with Gasteiger partial charge < -0.3 is 9.32 Å². The lowest BCUT2D eigenvalue weighted by molar-refractivity contribution is 0.569. The Morgan fingerprint density at radius 3 is 1.91 bits per heavy atom. The van der Waals surface area contributed by atoms with Crippen LogP contribution >= 0.6 is 0 Å². The molecule has 0 amide bonds. The SMILES string of the molecule is CC(C)(C)c1cc(-c2cccc3cccc(-c4ccccc4N(c4ccc5c(c4)oc4ccccc45)c4cccc5c4-c4ccccc4C5(C)C4=CC=CCC4)c23)cc(C(C)(C)C)c1. The van der Waals surface area contributed by atoms with Crippen LogP contribution in [0, 0.1) is 0 Å². The van der Waals surface area contributed by atoms with Crippen molar-refractivity contribution in [2.75, 3.05) is 4.90 Å². The highest BCUT2D eigenvalue weighted by molar-refractivity contribution is 6.11. The van der Waals surface area contributed by atoms with Gasteiger partial charge in [-0.3, -0.25) is 0 Å². The largest absolute Gasteiger partial charge is 0.456 e. The van der Waals surface area contributed by atoms with Crippen molar-refractivity contribution in [1.29, 1.82) is 0 Å². The van der Waals surface area contributed by atoms with Gasteiger partial charge in [-0.25, -0.2) is 0 Å². The molecule has 64 heavy (non-hydrogen) atoms. The van der Waals surface area contributed by atoms with Crippen LogP contribution in [0.2, 0.25) is 0 Å². The number of hydrogen-bond acceptors (Lipinski definition) is 2. The van der Waals surface area contributed by atoms with Gasteiger partial charge in [0.05, 0.1) is 11.4 Å². The number of fused-ring (bicyclic) bond motifs is 7. The Kier molecular flexibility index (Phi) is 9.26. The summed E-state index contributed by atoms with van der Waals surface area (Å²) in [5.41, 5.74) is 19.1.